The number of amides is 1. The maximum absolute atomic E-state index is 10.8. The minimum absolute atomic E-state index is 0. The van der Waals surface area contributed by atoms with Gasteiger partial charge in [0.2, 0.25) is 5.91 Å². The van der Waals surface area contributed by atoms with Crippen LogP contribution in [-0.4, -0.2) is 23.9 Å². The summed E-state index contributed by atoms with van der Waals surface area (Å²) in [5, 5.41) is 0. The van der Waals surface area contributed by atoms with Crippen LogP contribution in [0.1, 0.15) is 48.5 Å². The van der Waals surface area contributed by atoms with Crippen LogP contribution in [0.15, 0.2) is 0 Å². The van der Waals surface area contributed by atoms with Gasteiger partial charge >= 0.3 is 0 Å². The van der Waals surface area contributed by atoms with E-state index in [1.54, 1.807) is 6.92 Å². The molecule has 0 aliphatic rings. The smallest absolute Gasteiger partial charge is 0.219 e. The summed E-state index contributed by atoms with van der Waals surface area (Å²) < 4.78 is 0. The van der Waals surface area contributed by atoms with E-state index in [0.29, 0.717) is 0 Å². The number of nitrogens with zero attached hydrogens (tertiary/aromatic N) is 1. The van der Waals surface area contributed by atoms with Gasteiger partial charge in [-0.2, -0.15) is 0 Å². The predicted octanol–water partition coefficient (Wildman–Crippen LogP) is 2.93. The van der Waals surface area contributed by atoms with Crippen molar-refractivity contribution in [1.82, 2.24) is 4.90 Å². The van der Waals surface area contributed by atoms with Crippen LogP contribution in [0.4, 0.5) is 0 Å². The summed E-state index contributed by atoms with van der Waals surface area (Å²) in [5.41, 5.74) is 0. The van der Waals surface area contributed by atoms with Crippen molar-refractivity contribution in [2.24, 2.45) is 0 Å². The zero-order chi connectivity index (χ0) is 7.98. The van der Waals surface area contributed by atoms with E-state index in [1.807, 2.05) is 11.8 Å². The predicted molar refractivity (Wildman–Crippen MR) is 56.3 cm³/mol. The number of hydrogen-bond acceptors (Lipinski definition) is 1. The lowest BCUT2D eigenvalue weighted by atomic mass is 10.3. The molecule has 0 fully saturated rings. The Morgan fingerprint density at radius 1 is 1.25 bits per heavy atom. The molecule has 0 aromatic heterocycles. The Morgan fingerprint density at radius 3 is 2.00 bits per heavy atom. The maximum Gasteiger partial charge on any atom is 0.219 e. The van der Waals surface area contributed by atoms with E-state index < -0.39 is 0 Å². The first-order valence-corrected chi connectivity index (χ1v) is 3.97. The molecule has 0 rings (SSSR count). The molecular formula is C10H25NO. The van der Waals surface area contributed by atoms with Gasteiger partial charge < -0.3 is 4.90 Å². The van der Waals surface area contributed by atoms with Gasteiger partial charge in [-0.05, 0) is 13.3 Å². The minimum atomic E-state index is 0. The fourth-order valence-corrected chi connectivity index (χ4v) is 0.887. The Morgan fingerprint density at radius 2 is 1.75 bits per heavy atom. The summed E-state index contributed by atoms with van der Waals surface area (Å²) in [6, 6.07) is 0. The molecule has 0 bridgehead atoms. The number of carbonyl (C=O) groups is 1. The second-order valence-electron chi connectivity index (χ2n) is 2.45. The Balaban J connectivity index is -0.000000405. The van der Waals surface area contributed by atoms with Crippen LogP contribution in [-0.2, 0) is 4.79 Å². The third-order valence-corrected chi connectivity index (χ3v) is 1.61. The third kappa shape index (κ3) is 7.58. The van der Waals surface area contributed by atoms with Crippen LogP contribution in [0.5, 0.6) is 0 Å². The van der Waals surface area contributed by atoms with Gasteiger partial charge in [0.15, 0.2) is 0 Å². The minimum Gasteiger partial charge on any atom is -0.343 e. The third-order valence-electron chi connectivity index (χ3n) is 1.61. The van der Waals surface area contributed by atoms with E-state index >= 15 is 0 Å². The van der Waals surface area contributed by atoms with E-state index in [1.165, 1.54) is 0 Å². The van der Waals surface area contributed by atoms with Crippen LogP contribution in [0.3, 0.4) is 0 Å². The van der Waals surface area contributed by atoms with E-state index in [0.717, 1.165) is 25.9 Å². The molecule has 0 heterocycles. The average Bonchev–Trinajstić information content (AvgIpc) is 1.89. The fraction of sp³-hybridized carbons (Fsp3) is 0.900. The molecule has 76 valence electrons. The molecular weight excluding hydrogens is 150 g/mol. The van der Waals surface area contributed by atoms with Crippen molar-refractivity contribution < 1.29 is 4.79 Å². The maximum atomic E-state index is 10.8. The van der Waals surface area contributed by atoms with E-state index in [4.69, 9.17) is 0 Å². The Hall–Kier alpha value is -0.530. The van der Waals surface area contributed by atoms with Crippen LogP contribution >= 0.6 is 0 Å². The van der Waals surface area contributed by atoms with Crippen LogP contribution in [0, 0.1) is 0 Å². The molecule has 12 heavy (non-hydrogen) atoms. The van der Waals surface area contributed by atoms with E-state index in [9.17, 15) is 4.79 Å². The molecule has 0 aromatic rings. The molecule has 0 unspecified atom stereocenters. The Labute approximate surface area is 78.0 Å². The fourth-order valence-electron chi connectivity index (χ4n) is 0.887. The molecule has 2 nitrogen and oxygen atoms in total. The van der Waals surface area contributed by atoms with Gasteiger partial charge in [-0.15, -0.1) is 0 Å². The average molecular weight is 175 g/mol. The second-order valence-corrected chi connectivity index (χ2v) is 2.45. The van der Waals surface area contributed by atoms with Crippen molar-refractivity contribution in [2.45, 2.75) is 48.5 Å². The van der Waals surface area contributed by atoms with Gasteiger partial charge in [0.1, 0.15) is 0 Å². The zero-order valence-corrected chi connectivity index (χ0v) is 7.18. The first-order valence-electron chi connectivity index (χ1n) is 3.97. The van der Waals surface area contributed by atoms with Crippen molar-refractivity contribution >= 4 is 5.91 Å². The standard InChI is InChI=1S/C8H17NO.2CH4/c1-4-6-7-9(5-2)8(3)10;;/h4-7H2,1-3H3;2*1H4. The SMILES string of the molecule is C.C.CCCCN(CC)C(C)=O. The lowest BCUT2D eigenvalue weighted by Crippen LogP contribution is -2.29. The van der Waals surface area contributed by atoms with Gasteiger partial charge in [0.25, 0.3) is 0 Å². The van der Waals surface area contributed by atoms with Crippen LogP contribution < -0.4 is 0 Å². The Kier molecular flexibility index (Phi) is 15.3. The topological polar surface area (TPSA) is 20.3 Å². The highest BCUT2D eigenvalue weighted by Crippen LogP contribution is 1.94. The van der Waals surface area contributed by atoms with Gasteiger partial charge in [0, 0.05) is 20.0 Å². The van der Waals surface area contributed by atoms with Crippen molar-refractivity contribution in [3.05, 3.63) is 0 Å². The van der Waals surface area contributed by atoms with Crippen LogP contribution in [0.25, 0.3) is 0 Å². The summed E-state index contributed by atoms with van der Waals surface area (Å²) in [4.78, 5) is 12.7. The van der Waals surface area contributed by atoms with Crippen LogP contribution in [0.2, 0.25) is 0 Å². The van der Waals surface area contributed by atoms with Crippen molar-refractivity contribution in [3.8, 4) is 0 Å². The monoisotopic (exact) mass is 175 g/mol. The molecule has 0 radical (unpaired) electrons. The molecule has 0 saturated heterocycles. The van der Waals surface area contributed by atoms with Crippen molar-refractivity contribution in [2.75, 3.05) is 13.1 Å². The molecule has 0 atom stereocenters. The van der Waals surface area contributed by atoms with Gasteiger partial charge in [-0.25, -0.2) is 0 Å². The molecule has 0 aromatic carbocycles. The number of unbranched alkanes of at least 4 members (excludes halogenated alkanes) is 1. The number of carbonyl (C=O) groups excluding carboxylic acids is 1. The summed E-state index contributed by atoms with van der Waals surface area (Å²) >= 11 is 0. The van der Waals surface area contributed by atoms with Gasteiger partial charge in [-0.3, -0.25) is 4.79 Å². The van der Waals surface area contributed by atoms with Gasteiger partial charge in [-0.1, -0.05) is 28.2 Å². The molecule has 0 aliphatic heterocycles. The van der Waals surface area contributed by atoms with E-state index in [2.05, 4.69) is 6.92 Å². The lowest BCUT2D eigenvalue weighted by molar-refractivity contribution is -0.128. The summed E-state index contributed by atoms with van der Waals surface area (Å²) in [7, 11) is 0. The highest BCUT2D eigenvalue weighted by atomic mass is 16.2. The quantitative estimate of drug-likeness (QED) is 0.643. The normalized spacial score (nSPS) is 7.92. The largest absolute Gasteiger partial charge is 0.343 e. The number of hydrogen-bond donors (Lipinski definition) is 0. The molecule has 0 aliphatic carbocycles. The summed E-state index contributed by atoms with van der Waals surface area (Å²) in [6.07, 6.45) is 2.28. The zero-order valence-electron chi connectivity index (χ0n) is 7.18. The van der Waals surface area contributed by atoms with Crippen molar-refractivity contribution in [1.29, 1.82) is 0 Å². The molecule has 1 amide bonds. The summed E-state index contributed by atoms with van der Waals surface area (Å²) in [6.45, 7) is 7.53. The second kappa shape index (κ2) is 10.5. The number of rotatable bonds is 4. The van der Waals surface area contributed by atoms with Gasteiger partial charge in [0.05, 0.1) is 0 Å². The highest BCUT2D eigenvalue weighted by Gasteiger charge is 2.02. The first kappa shape index (κ1) is 17.5. The molecule has 0 spiro atoms. The van der Waals surface area contributed by atoms with Crippen molar-refractivity contribution in [3.63, 3.8) is 0 Å². The molecule has 0 saturated carbocycles. The molecule has 0 N–H and O–H groups in total. The first-order chi connectivity index (χ1) is 4.72. The highest BCUT2D eigenvalue weighted by molar-refractivity contribution is 5.73. The Bertz CT molecular complexity index is 102. The lowest BCUT2D eigenvalue weighted by Gasteiger charge is -2.17. The summed E-state index contributed by atoms with van der Waals surface area (Å²) in [5.74, 6) is 0.191. The molecule has 2 heteroatoms. The van der Waals surface area contributed by atoms with E-state index in [-0.39, 0.29) is 20.8 Å².